The van der Waals surface area contributed by atoms with Gasteiger partial charge in [-0.15, -0.1) is 0 Å². The van der Waals surface area contributed by atoms with E-state index in [4.69, 9.17) is 5.41 Å². The second-order valence-electron chi connectivity index (χ2n) is 7.02. The summed E-state index contributed by atoms with van der Waals surface area (Å²) in [5.41, 5.74) is 0.508. The van der Waals surface area contributed by atoms with Crippen LogP contribution in [0.3, 0.4) is 0 Å². The molecule has 162 valence electrons. The Hall–Kier alpha value is -3.29. The zero-order valence-electron chi connectivity index (χ0n) is 15.9. The molecule has 0 aliphatic carbocycles. The van der Waals surface area contributed by atoms with Gasteiger partial charge in [0.15, 0.2) is 0 Å². The smallest absolute Gasteiger partial charge is 0.416 e. The monoisotopic (exact) mass is 436 g/mol. The third-order valence-electron chi connectivity index (χ3n) is 4.82. The molecule has 0 bridgehead atoms. The normalized spacial score (nSPS) is 12.1. The van der Waals surface area contributed by atoms with Gasteiger partial charge in [-0.05, 0) is 70.8 Å². The Morgan fingerprint density at radius 2 is 1.00 bits per heavy atom. The number of benzene rings is 3. The quantitative estimate of drug-likeness (QED) is 0.316. The molecule has 0 atom stereocenters. The fourth-order valence-corrected chi connectivity index (χ4v) is 3.30. The van der Waals surface area contributed by atoms with Crippen LogP contribution in [0.15, 0.2) is 66.7 Å². The minimum Gasteiger partial charge on any atom is -0.859 e. The number of rotatable bonds is 5. The van der Waals surface area contributed by atoms with E-state index in [2.05, 4.69) is 0 Å². The highest BCUT2D eigenvalue weighted by molar-refractivity contribution is 5.91. The molecule has 0 aliphatic heterocycles. The molecule has 3 aromatic carbocycles. The Morgan fingerprint density at radius 1 is 0.645 bits per heavy atom. The van der Waals surface area contributed by atoms with Crippen LogP contribution in [-0.4, -0.2) is 5.90 Å². The van der Waals surface area contributed by atoms with Crippen molar-refractivity contribution in [2.75, 3.05) is 0 Å². The summed E-state index contributed by atoms with van der Waals surface area (Å²) in [6.07, 6.45) is -8.64. The van der Waals surface area contributed by atoms with Crippen molar-refractivity contribution < 1.29 is 31.4 Å². The lowest BCUT2D eigenvalue weighted by Gasteiger charge is -2.19. The summed E-state index contributed by atoms with van der Waals surface area (Å²) >= 11 is 0. The fourth-order valence-electron chi connectivity index (χ4n) is 3.30. The van der Waals surface area contributed by atoms with Crippen molar-refractivity contribution in [3.05, 3.63) is 106 Å². The van der Waals surface area contributed by atoms with E-state index in [-0.39, 0.29) is 18.4 Å². The van der Waals surface area contributed by atoms with Gasteiger partial charge in [0.1, 0.15) is 0 Å². The number of hydrogen-bond donors (Lipinski definition) is 1. The molecule has 1 N–H and O–H groups in total. The van der Waals surface area contributed by atoms with Crippen LogP contribution in [0, 0.1) is 5.41 Å². The van der Waals surface area contributed by atoms with Gasteiger partial charge in [0.2, 0.25) is 0 Å². The highest BCUT2D eigenvalue weighted by Gasteiger charge is 2.30. The maximum atomic E-state index is 12.7. The van der Waals surface area contributed by atoms with E-state index in [9.17, 15) is 31.4 Å². The molecule has 0 radical (unpaired) electrons. The highest BCUT2D eigenvalue weighted by Crippen LogP contribution is 2.31. The summed E-state index contributed by atoms with van der Waals surface area (Å²) < 4.78 is 76.4. The maximum Gasteiger partial charge on any atom is 0.416 e. The summed E-state index contributed by atoms with van der Waals surface area (Å²) in [7, 11) is 0. The van der Waals surface area contributed by atoms with Crippen LogP contribution in [0.25, 0.3) is 0 Å². The van der Waals surface area contributed by atoms with Gasteiger partial charge in [-0.3, -0.25) is 0 Å². The zero-order valence-corrected chi connectivity index (χ0v) is 15.9. The van der Waals surface area contributed by atoms with Crippen LogP contribution >= 0.6 is 0 Å². The average molecular weight is 436 g/mol. The molecular weight excluding hydrogens is 420 g/mol. The van der Waals surface area contributed by atoms with E-state index in [1.807, 2.05) is 0 Å². The van der Waals surface area contributed by atoms with E-state index in [0.29, 0.717) is 22.3 Å². The molecule has 0 heterocycles. The standard InChI is InChI=1S/C23H17F6NO/c24-22(25,26)18-8-4-14(5-9-18)12-16-2-1-3-17(20(16)21(30)31)13-15-6-10-19(11-7-15)23(27,28)29/h1-11H,12-13H2,(H2,30,31)/p-1. The van der Waals surface area contributed by atoms with Gasteiger partial charge in [-0.1, -0.05) is 42.5 Å². The molecule has 0 unspecified atom stereocenters. The lowest BCUT2D eigenvalue weighted by Crippen LogP contribution is -2.21. The first-order chi connectivity index (χ1) is 14.4. The molecule has 31 heavy (non-hydrogen) atoms. The number of nitrogens with one attached hydrogen (secondary N) is 1. The summed E-state index contributed by atoms with van der Waals surface area (Å²) in [6.45, 7) is 0. The lowest BCUT2D eigenvalue weighted by atomic mass is 9.92. The van der Waals surface area contributed by atoms with Gasteiger partial charge in [-0.25, -0.2) is 0 Å². The first kappa shape index (κ1) is 22.4. The zero-order chi connectivity index (χ0) is 22.8. The fraction of sp³-hybridized carbons (Fsp3) is 0.174. The van der Waals surface area contributed by atoms with Gasteiger partial charge < -0.3 is 10.5 Å². The molecule has 0 aliphatic rings. The minimum atomic E-state index is -4.46. The Morgan fingerprint density at radius 3 is 1.29 bits per heavy atom. The maximum absolute atomic E-state index is 12.7. The van der Waals surface area contributed by atoms with Crippen LogP contribution in [0.2, 0.25) is 0 Å². The van der Waals surface area contributed by atoms with Crippen LogP contribution < -0.4 is 5.11 Å². The number of halogens is 6. The Labute approximate surface area is 174 Å². The highest BCUT2D eigenvalue weighted by atomic mass is 19.4. The summed E-state index contributed by atoms with van der Waals surface area (Å²) in [6, 6.07) is 13.9. The minimum absolute atomic E-state index is 0.0993. The van der Waals surface area contributed by atoms with Crippen molar-refractivity contribution in [1.82, 2.24) is 0 Å². The number of hydrogen-bond acceptors (Lipinski definition) is 2. The molecule has 2 nitrogen and oxygen atoms in total. The first-order valence-electron chi connectivity index (χ1n) is 9.14. The van der Waals surface area contributed by atoms with Crippen molar-refractivity contribution in [3.63, 3.8) is 0 Å². The molecule has 0 saturated heterocycles. The van der Waals surface area contributed by atoms with E-state index >= 15 is 0 Å². The predicted molar refractivity (Wildman–Crippen MR) is 102 cm³/mol. The molecule has 3 aromatic rings. The molecule has 0 spiro atoms. The summed E-state index contributed by atoms with van der Waals surface area (Å²) in [4.78, 5) is 0. The van der Waals surface area contributed by atoms with E-state index in [0.717, 1.165) is 24.3 Å². The molecule has 8 heteroatoms. The van der Waals surface area contributed by atoms with Crippen molar-refractivity contribution in [3.8, 4) is 0 Å². The molecular formula is C23H16F6NO-. The first-order valence-corrected chi connectivity index (χ1v) is 9.14. The molecule has 0 fully saturated rings. The van der Waals surface area contributed by atoms with Crippen LogP contribution in [0.5, 0.6) is 0 Å². The second-order valence-corrected chi connectivity index (χ2v) is 7.02. The third-order valence-corrected chi connectivity index (χ3v) is 4.82. The number of alkyl halides is 6. The van der Waals surface area contributed by atoms with Crippen LogP contribution in [0.1, 0.15) is 38.9 Å². The summed E-state index contributed by atoms with van der Waals surface area (Å²) in [5.74, 6) is -0.968. The Bertz CT molecular complexity index is 989. The van der Waals surface area contributed by atoms with Gasteiger partial charge in [0, 0.05) is 0 Å². The molecule has 0 amide bonds. The molecule has 0 aromatic heterocycles. The Balaban J connectivity index is 1.88. The van der Waals surface area contributed by atoms with E-state index in [1.54, 1.807) is 18.2 Å². The van der Waals surface area contributed by atoms with Gasteiger partial charge in [0.25, 0.3) is 0 Å². The van der Waals surface area contributed by atoms with E-state index in [1.165, 1.54) is 24.3 Å². The Kier molecular flexibility index (Phi) is 6.10. The SMILES string of the molecule is N=C([O-])c1c(Cc2ccc(C(F)(F)F)cc2)cccc1Cc1ccc(C(F)(F)F)cc1. The summed E-state index contributed by atoms with van der Waals surface area (Å²) in [5, 5.41) is 19.6. The van der Waals surface area contributed by atoms with Crippen molar-refractivity contribution in [1.29, 1.82) is 5.41 Å². The van der Waals surface area contributed by atoms with Gasteiger partial charge in [-0.2, -0.15) is 26.3 Å². The van der Waals surface area contributed by atoms with E-state index < -0.39 is 29.4 Å². The molecule has 0 saturated carbocycles. The largest absolute Gasteiger partial charge is 0.859 e. The average Bonchev–Trinajstić information content (AvgIpc) is 2.67. The van der Waals surface area contributed by atoms with Crippen LogP contribution in [0.4, 0.5) is 26.3 Å². The second kappa shape index (κ2) is 8.45. The lowest BCUT2D eigenvalue weighted by molar-refractivity contribution is -0.214. The topological polar surface area (TPSA) is 46.9 Å². The van der Waals surface area contributed by atoms with Crippen molar-refractivity contribution >= 4 is 5.90 Å². The van der Waals surface area contributed by atoms with Crippen molar-refractivity contribution in [2.24, 2.45) is 0 Å². The van der Waals surface area contributed by atoms with Gasteiger partial charge in [0.05, 0.1) is 11.1 Å². The predicted octanol–water partition coefficient (Wildman–Crippen LogP) is 5.59. The van der Waals surface area contributed by atoms with Crippen LogP contribution in [-0.2, 0) is 25.2 Å². The third kappa shape index (κ3) is 5.45. The van der Waals surface area contributed by atoms with Crippen molar-refractivity contribution in [2.45, 2.75) is 25.2 Å². The molecule has 3 rings (SSSR count). The van der Waals surface area contributed by atoms with Gasteiger partial charge >= 0.3 is 12.4 Å².